The SMILES string of the molecule is C=C(C)C(=O)CC1CC2CC(=O)CCC2(C)C2CCC3(C)C(CCC3[C@H](C)CO)C12. The Balaban J connectivity index is 1.70. The molecule has 0 aromatic rings. The first-order chi connectivity index (χ1) is 14.1. The van der Waals surface area contributed by atoms with Crippen molar-refractivity contribution in [2.24, 2.45) is 52.3 Å². The first-order valence-corrected chi connectivity index (χ1v) is 12.4. The summed E-state index contributed by atoms with van der Waals surface area (Å²) < 4.78 is 0. The van der Waals surface area contributed by atoms with Gasteiger partial charge in [-0.3, -0.25) is 9.59 Å². The van der Waals surface area contributed by atoms with Crippen LogP contribution in [0.1, 0.15) is 85.5 Å². The molecule has 0 amide bonds. The molecule has 0 aliphatic heterocycles. The fraction of sp³-hybridized carbons (Fsp3) is 0.852. The first kappa shape index (κ1) is 22.2. The van der Waals surface area contributed by atoms with Gasteiger partial charge in [0.1, 0.15) is 5.78 Å². The number of hydrogen-bond donors (Lipinski definition) is 1. The molecule has 4 aliphatic rings. The van der Waals surface area contributed by atoms with Crippen LogP contribution in [0.3, 0.4) is 0 Å². The molecule has 30 heavy (non-hydrogen) atoms. The molecule has 0 bridgehead atoms. The summed E-state index contributed by atoms with van der Waals surface area (Å²) in [7, 11) is 0. The Morgan fingerprint density at radius 1 is 1.17 bits per heavy atom. The number of fused-ring (bicyclic) bond motifs is 5. The number of aliphatic hydroxyl groups excluding tert-OH is 1. The maximum atomic E-state index is 12.8. The molecular weight excluding hydrogens is 372 g/mol. The van der Waals surface area contributed by atoms with E-state index in [9.17, 15) is 14.7 Å². The maximum Gasteiger partial charge on any atom is 0.158 e. The third kappa shape index (κ3) is 3.34. The standard InChI is InChI=1S/C27H42O3/c1-16(2)24(30)13-18-12-19-14-20(29)8-10-26(19,4)23-9-11-27(5)21(17(3)15-28)6-7-22(27)25(18)23/h17-19,21-23,25,28H,1,6-15H2,2-5H3/t17-,18?,19?,21?,22?,23?,25?,26?,27?/m1/s1. The van der Waals surface area contributed by atoms with Crippen LogP contribution in [-0.4, -0.2) is 23.3 Å². The Hall–Kier alpha value is -0.960. The van der Waals surface area contributed by atoms with Crippen LogP contribution in [0, 0.1) is 52.3 Å². The van der Waals surface area contributed by atoms with Gasteiger partial charge >= 0.3 is 0 Å². The average Bonchev–Trinajstić information content (AvgIpc) is 3.05. The van der Waals surface area contributed by atoms with Gasteiger partial charge in [-0.05, 0) is 103 Å². The molecule has 8 unspecified atom stereocenters. The Morgan fingerprint density at radius 3 is 2.53 bits per heavy atom. The van der Waals surface area contributed by atoms with Crippen LogP contribution in [0.4, 0.5) is 0 Å². The summed E-state index contributed by atoms with van der Waals surface area (Å²) in [5.74, 6) is 4.28. The van der Waals surface area contributed by atoms with Crippen molar-refractivity contribution in [2.45, 2.75) is 85.5 Å². The quantitative estimate of drug-likeness (QED) is 0.595. The Kier molecular flexibility index (Phi) is 5.83. The third-order valence-corrected chi connectivity index (χ3v) is 10.6. The van der Waals surface area contributed by atoms with E-state index in [1.54, 1.807) is 0 Å². The topological polar surface area (TPSA) is 54.4 Å². The molecule has 0 radical (unpaired) electrons. The van der Waals surface area contributed by atoms with E-state index in [0.29, 0.717) is 59.2 Å². The number of carbonyl (C=O) groups excluding carboxylic acids is 2. The molecule has 3 heteroatoms. The molecule has 0 aromatic heterocycles. The first-order valence-electron chi connectivity index (χ1n) is 12.4. The highest BCUT2D eigenvalue weighted by atomic mass is 16.3. The monoisotopic (exact) mass is 414 g/mol. The molecular formula is C27H42O3. The van der Waals surface area contributed by atoms with Crippen molar-refractivity contribution in [3.05, 3.63) is 12.2 Å². The molecule has 4 saturated carbocycles. The van der Waals surface area contributed by atoms with Gasteiger partial charge in [-0.25, -0.2) is 0 Å². The number of Topliss-reactive ketones (excluding diaryl/α,β-unsaturated/α-hetero) is 2. The van der Waals surface area contributed by atoms with E-state index in [-0.39, 0.29) is 23.2 Å². The normalized spacial score (nSPS) is 46.5. The fourth-order valence-electron chi connectivity index (χ4n) is 8.94. The van der Waals surface area contributed by atoms with Gasteiger partial charge in [-0.15, -0.1) is 0 Å². The van der Waals surface area contributed by atoms with Gasteiger partial charge in [0.15, 0.2) is 5.78 Å². The van der Waals surface area contributed by atoms with Gasteiger partial charge < -0.3 is 5.11 Å². The van der Waals surface area contributed by atoms with Gasteiger partial charge in [0.2, 0.25) is 0 Å². The maximum absolute atomic E-state index is 12.8. The lowest BCUT2D eigenvalue weighted by Crippen LogP contribution is -2.57. The zero-order chi connectivity index (χ0) is 21.8. The molecule has 0 spiro atoms. The predicted octanol–water partition coefficient (Wildman–Crippen LogP) is 5.60. The number of ketones is 2. The van der Waals surface area contributed by atoms with E-state index < -0.39 is 0 Å². The number of carbonyl (C=O) groups is 2. The molecule has 0 aromatic carbocycles. The highest BCUT2D eigenvalue weighted by Crippen LogP contribution is 2.69. The molecule has 4 rings (SSSR count). The van der Waals surface area contributed by atoms with Crippen LogP contribution >= 0.6 is 0 Å². The minimum atomic E-state index is 0.218. The van der Waals surface area contributed by atoms with Crippen molar-refractivity contribution in [3.63, 3.8) is 0 Å². The molecule has 4 aliphatic carbocycles. The highest BCUT2D eigenvalue weighted by molar-refractivity contribution is 5.94. The molecule has 0 heterocycles. The minimum Gasteiger partial charge on any atom is -0.396 e. The molecule has 4 fully saturated rings. The predicted molar refractivity (Wildman–Crippen MR) is 120 cm³/mol. The smallest absolute Gasteiger partial charge is 0.158 e. The van der Waals surface area contributed by atoms with Crippen molar-refractivity contribution < 1.29 is 14.7 Å². The molecule has 168 valence electrons. The van der Waals surface area contributed by atoms with E-state index in [4.69, 9.17) is 0 Å². The molecule has 3 nitrogen and oxygen atoms in total. The lowest BCUT2D eigenvalue weighted by atomic mass is 9.42. The summed E-state index contributed by atoms with van der Waals surface area (Å²) in [6, 6.07) is 0. The van der Waals surface area contributed by atoms with Crippen molar-refractivity contribution in [1.29, 1.82) is 0 Å². The van der Waals surface area contributed by atoms with Crippen molar-refractivity contribution >= 4 is 11.6 Å². The van der Waals surface area contributed by atoms with E-state index in [0.717, 1.165) is 25.7 Å². The second-order valence-corrected chi connectivity index (χ2v) is 12.0. The Labute approximate surface area is 183 Å². The van der Waals surface area contributed by atoms with Crippen LogP contribution in [-0.2, 0) is 9.59 Å². The lowest BCUT2D eigenvalue weighted by Gasteiger charge is -2.63. The summed E-state index contributed by atoms with van der Waals surface area (Å²) in [6.07, 6.45) is 9.09. The van der Waals surface area contributed by atoms with Crippen molar-refractivity contribution in [3.8, 4) is 0 Å². The van der Waals surface area contributed by atoms with E-state index in [1.807, 2.05) is 6.92 Å². The van der Waals surface area contributed by atoms with Gasteiger partial charge in [0.25, 0.3) is 0 Å². The van der Waals surface area contributed by atoms with Crippen LogP contribution in [0.5, 0.6) is 0 Å². The second kappa shape index (κ2) is 7.87. The van der Waals surface area contributed by atoms with E-state index in [2.05, 4.69) is 27.4 Å². The Bertz CT molecular complexity index is 726. The zero-order valence-corrected chi connectivity index (χ0v) is 19.6. The van der Waals surface area contributed by atoms with Crippen LogP contribution in [0.25, 0.3) is 0 Å². The van der Waals surface area contributed by atoms with Gasteiger partial charge in [-0.2, -0.15) is 0 Å². The number of hydrogen-bond acceptors (Lipinski definition) is 3. The number of allylic oxidation sites excluding steroid dienone is 1. The van der Waals surface area contributed by atoms with Crippen molar-refractivity contribution in [2.75, 3.05) is 6.61 Å². The van der Waals surface area contributed by atoms with Crippen LogP contribution < -0.4 is 0 Å². The number of rotatable bonds is 5. The summed E-state index contributed by atoms with van der Waals surface area (Å²) >= 11 is 0. The minimum absolute atomic E-state index is 0.218. The zero-order valence-electron chi connectivity index (χ0n) is 19.6. The summed E-state index contributed by atoms with van der Waals surface area (Å²) in [5, 5.41) is 9.90. The number of aliphatic hydroxyl groups is 1. The highest BCUT2D eigenvalue weighted by Gasteiger charge is 2.62. The molecule has 0 saturated heterocycles. The largest absolute Gasteiger partial charge is 0.396 e. The van der Waals surface area contributed by atoms with E-state index in [1.165, 1.54) is 25.7 Å². The van der Waals surface area contributed by atoms with Gasteiger partial charge in [0.05, 0.1) is 0 Å². The van der Waals surface area contributed by atoms with Crippen LogP contribution in [0.2, 0.25) is 0 Å². The van der Waals surface area contributed by atoms with Crippen LogP contribution in [0.15, 0.2) is 12.2 Å². The third-order valence-electron chi connectivity index (χ3n) is 10.6. The second-order valence-electron chi connectivity index (χ2n) is 12.0. The summed E-state index contributed by atoms with van der Waals surface area (Å²) in [5.41, 5.74) is 1.21. The molecule has 1 N–H and O–H groups in total. The Morgan fingerprint density at radius 2 is 1.87 bits per heavy atom. The van der Waals surface area contributed by atoms with E-state index >= 15 is 0 Å². The van der Waals surface area contributed by atoms with Crippen molar-refractivity contribution in [1.82, 2.24) is 0 Å². The lowest BCUT2D eigenvalue weighted by molar-refractivity contribution is -0.155. The average molecular weight is 415 g/mol. The van der Waals surface area contributed by atoms with Gasteiger partial charge in [-0.1, -0.05) is 27.4 Å². The molecule has 9 atom stereocenters. The fourth-order valence-corrected chi connectivity index (χ4v) is 8.94. The summed E-state index contributed by atoms with van der Waals surface area (Å²) in [6.45, 7) is 13.2. The van der Waals surface area contributed by atoms with Gasteiger partial charge in [0, 0.05) is 25.9 Å². The summed E-state index contributed by atoms with van der Waals surface area (Å²) in [4.78, 5) is 25.1.